The van der Waals surface area contributed by atoms with Crippen molar-refractivity contribution in [3.05, 3.63) is 0 Å². The molecule has 0 aromatic carbocycles. The Morgan fingerprint density at radius 1 is 1.14 bits per heavy atom. The molecule has 3 heteroatoms. The summed E-state index contributed by atoms with van der Waals surface area (Å²) in [6.45, 7) is 13.7. The first-order valence-corrected chi connectivity index (χ1v) is 9.01. The van der Waals surface area contributed by atoms with E-state index in [0.717, 1.165) is 44.1 Å². The van der Waals surface area contributed by atoms with E-state index >= 15 is 0 Å². The van der Waals surface area contributed by atoms with Crippen LogP contribution in [0.15, 0.2) is 0 Å². The van der Waals surface area contributed by atoms with Crippen molar-refractivity contribution in [3.63, 3.8) is 0 Å². The smallest absolute Gasteiger partial charge is 0.0594 e. The summed E-state index contributed by atoms with van der Waals surface area (Å²) in [6, 6.07) is 0.589. The molecule has 21 heavy (non-hydrogen) atoms. The second-order valence-corrected chi connectivity index (χ2v) is 7.75. The van der Waals surface area contributed by atoms with Crippen LogP contribution in [0.5, 0.6) is 0 Å². The number of morpholine rings is 1. The number of hydrogen-bond acceptors (Lipinski definition) is 3. The highest BCUT2D eigenvalue weighted by atomic mass is 16.5. The van der Waals surface area contributed by atoms with Gasteiger partial charge in [0.05, 0.1) is 13.2 Å². The van der Waals surface area contributed by atoms with E-state index in [1.807, 2.05) is 0 Å². The largest absolute Gasteiger partial charge is 0.379 e. The summed E-state index contributed by atoms with van der Waals surface area (Å²) in [7, 11) is 2.17. The Morgan fingerprint density at radius 3 is 2.19 bits per heavy atom. The van der Waals surface area contributed by atoms with Crippen LogP contribution in [0.4, 0.5) is 0 Å². The van der Waals surface area contributed by atoms with E-state index in [2.05, 4.69) is 45.0 Å². The predicted molar refractivity (Wildman–Crippen MR) is 89.6 cm³/mol. The lowest BCUT2D eigenvalue weighted by molar-refractivity contribution is -0.0459. The molecule has 124 valence electrons. The van der Waals surface area contributed by atoms with Crippen LogP contribution in [0.2, 0.25) is 0 Å². The Bertz CT molecular complexity index is 306. The molecule has 2 rings (SSSR count). The molecule has 0 radical (unpaired) electrons. The average Bonchev–Trinajstić information content (AvgIpc) is 2.47. The molecular weight excluding hydrogens is 260 g/mol. The minimum Gasteiger partial charge on any atom is -0.379 e. The minimum atomic E-state index is 0.250. The summed E-state index contributed by atoms with van der Waals surface area (Å²) >= 11 is 0. The van der Waals surface area contributed by atoms with Crippen molar-refractivity contribution in [1.82, 2.24) is 10.2 Å². The van der Waals surface area contributed by atoms with Crippen LogP contribution in [0.1, 0.15) is 53.4 Å². The summed E-state index contributed by atoms with van der Waals surface area (Å²) in [5.74, 6) is 2.56. The zero-order valence-electron chi connectivity index (χ0n) is 14.8. The fourth-order valence-corrected chi connectivity index (χ4v) is 5.05. The molecule has 1 aliphatic heterocycles. The second kappa shape index (κ2) is 7.43. The number of hydrogen-bond donors (Lipinski definition) is 1. The SMILES string of the molecule is CCC(C)(C(NC)C1CC(C)CC(C)C1)N1CCOCC1. The van der Waals surface area contributed by atoms with Crippen molar-refractivity contribution in [1.29, 1.82) is 0 Å². The molecule has 2 fully saturated rings. The molecular formula is C18H36N2O. The molecule has 4 unspecified atom stereocenters. The highest BCUT2D eigenvalue weighted by Gasteiger charge is 2.43. The molecule has 3 nitrogen and oxygen atoms in total. The number of nitrogens with one attached hydrogen (secondary N) is 1. The first-order valence-electron chi connectivity index (χ1n) is 9.01. The average molecular weight is 296 g/mol. The maximum atomic E-state index is 5.57. The van der Waals surface area contributed by atoms with Gasteiger partial charge < -0.3 is 10.1 Å². The fourth-order valence-electron chi connectivity index (χ4n) is 5.05. The van der Waals surface area contributed by atoms with E-state index in [9.17, 15) is 0 Å². The predicted octanol–water partition coefficient (Wildman–Crippen LogP) is 3.15. The molecule has 1 saturated carbocycles. The second-order valence-electron chi connectivity index (χ2n) is 7.75. The molecule has 0 amide bonds. The highest BCUT2D eigenvalue weighted by molar-refractivity contribution is 5.01. The van der Waals surface area contributed by atoms with Gasteiger partial charge in [0.1, 0.15) is 0 Å². The summed E-state index contributed by atoms with van der Waals surface area (Å²) in [4.78, 5) is 2.68. The Morgan fingerprint density at radius 2 is 1.71 bits per heavy atom. The molecule has 2 aliphatic rings. The van der Waals surface area contributed by atoms with Crippen LogP contribution in [-0.4, -0.2) is 49.8 Å². The molecule has 1 N–H and O–H groups in total. The van der Waals surface area contributed by atoms with Crippen molar-refractivity contribution in [3.8, 4) is 0 Å². The van der Waals surface area contributed by atoms with Crippen molar-refractivity contribution >= 4 is 0 Å². The molecule has 0 bridgehead atoms. The van der Waals surface area contributed by atoms with Crippen LogP contribution < -0.4 is 5.32 Å². The topological polar surface area (TPSA) is 24.5 Å². The zero-order valence-corrected chi connectivity index (χ0v) is 14.8. The van der Waals surface area contributed by atoms with Gasteiger partial charge >= 0.3 is 0 Å². The molecule has 1 heterocycles. The third-order valence-corrected chi connectivity index (χ3v) is 6.12. The molecule has 4 atom stereocenters. The molecule has 0 aromatic rings. The van der Waals surface area contributed by atoms with E-state index < -0.39 is 0 Å². The molecule has 0 aromatic heterocycles. The Balaban J connectivity index is 2.15. The van der Waals surface area contributed by atoms with Crippen LogP contribution in [0, 0.1) is 17.8 Å². The zero-order chi connectivity index (χ0) is 15.5. The number of rotatable bonds is 5. The number of nitrogens with zero attached hydrogens (tertiary/aromatic N) is 1. The Kier molecular flexibility index (Phi) is 6.10. The maximum absolute atomic E-state index is 5.57. The Labute approximate surface area is 131 Å². The van der Waals surface area contributed by atoms with Gasteiger partial charge in [-0.15, -0.1) is 0 Å². The van der Waals surface area contributed by atoms with Gasteiger partial charge in [-0.2, -0.15) is 0 Å². The number of ether oxygens (including phenoxy) is 1. The normalized spacial score (nSPS) is 36.1. The van der Waals surface area contributed by atoms with E-state index in [0.29, 0.717) is 6.04 Å². The van der Waals surface area contributed by atoms with E-state index in [4.69, 9.17) is 4.74 Å². The fraction of sp³-hybridized carbons (Fsp3) is 1.00. The van der Waals surface area contributed by atoms with Gasteiger partial charge in [0.2, 0.25) is 0 Å². The maximum Gasteiger partial charge on any atom is 0.0594 e. The quantitative estimate of drug-likeness (QED) is 0.843. The van der Waals surface area contributed by atoms with E-state index in [1.165, 1.54) is 25.7 Å². The van der Waals surface area contributed by atoms with Gasteiger partial charge in [-0.05, 0) is 57.4 Å². The van der Waals surface area contributed by atoms with Gasteiger partial charge in [-0.3, -0.25) is 4.90 Å². The first kappa shape index (κ1) is 17.2. The van der Waals surface area contributed by atoms with Crippen molar-refractivity contribution in [2.75, 3.05) is 33.4 Å². The van der Waals surface area contributed by atoms with Crippen LogP contribution in [0.25, 0.3) is 0 Å². The van der Waals surface area contributed by atoms with Gasteiger partial charge in [-0.1, -0.05) is 20.8 Å². The van der Waals surface area contributed by atoms with Crippen molar-refractivity contribution in [2.24, 2.45) is 17.8 Å². The van der Waals surface area contributed by atoms with Gasteiger partial charge in [0.15, 0.2) is 0 Å². The first-order chi connectivity index (χ1) is 10.0. The summed E-state index contributed by atoms with van der Waals surface area (Å²) in [5, 5.41) is 3.72. The standard InChI is InChI=1S/C18H36N2O/c1-6-18(4,20-7-9-21-10-8-20)17(19-5)16-12-14(2)11-15(3)13-16/h14-17,19H,6-13H2,1-5H3. The highest BCUT2D eigenvalue weighted by Crippen LogP contribution is 2.40. The minimum absolute atomic E-state index is 0.250. The van der Waals surface area contributed by atoms with Crippen LogP contribution >= 0.6 is 0 Å². The third-order valence-electron chi connectivity index (χ3n) is 6.12. The Hall–Kier alpha value is -0.120. The van der Waals surface area contributed by atoms with Crippen LogP contribution in [-0.2, 0) is 4.74 Å². The lowest BCUT2D eigenvalue weighted by Crippen LogP contribution is -2.64. The van der Waals surface area contributed by atoms with Crippen molar-refractivity contribution in [2.45, 2.75) is 65.0 Å². The lowest BCUT2D eigenvalue weighted by Gasteiger charge is -2.51. The lowest BCUT2D eigenvalue weighted by atomic mass is 9.68. The third kappa shape index (κ3) is 3.80. The van der Waals surface area contributed by atoms with E-state index in [-0.39, 0.29) is 5.54 Å². The number of likely N-dealkylation sites (N-methyl/N-ethyl adjacent to an activating group) is 1. The molecule has 1 saturated heterocycles. The van der Waals surface area contributed by atoms with Gasteiger partial charge in [0.25, 0.3) is 0 Å². The van der Waals surface area contributed by atoms with Gasteiger partial charge in [0, 0.05) is 24.7 Å². The van der Waals surface area contributed by atoms with Crippen LogP contribution in [0.3, 0.4) is 0 Å². The molecule has 1 aliphatic carbocycles. The summed E-state index contributed by atoms with van der Waals surface area (Å²) < 4.78 is 5.57. The summed E-state index contributed by atoms with van der Waals surface area (Å²) in [5.41, 5.74) is 0.250. The van der Waals surface area contributed by atoms with Crippen molar-refractivity contribution < 1.29 is 4.74 Å². The van der Waals surface area contributed by atoms with E-state index in [1.54, 1.807) is 0 Å². The summed E-state index contributed by atoms with van der Waals surface area (Å²) in [6.07, 6.45) is 5.39. The van der Waals surface area contributed by atoms with Gasteiger partial charge in [-0.25, -0.2) is 0 Å². The monoisotopic (exact) mass is 296 g/mol. The molecule has 0 spiro atoms.